The molecule has 1 heterocycles. The van der Waals surface area contributed by atoms with Gasteiger partial charge in [-0.25, -0.2) is 9.59 Å². The molecule has 9 nitrogen and oxygen atoms in total. The molecule has 1 aromatic heterocycles. The Morgan fingerprint density at radius 1 is 1.29 bits per heavy atom. The first kappa shape index (κ1) is 16.5. The van der Waals surface area contributed by atoms with E-state index in [1.54, 1.807) is 13.8 Å². The van der Waals surface area contributed by atoms with E-state index in [-0.39, 0.29) is 19.3 Å². The summed E-state index contributed by atoms with van der Waals surface area (Å²) in [4.78, 5) is 33.2. The summed E-state index contributed by atoms with van der Waals surface area (Å²) in [5, 5.41) is 28.9. The fourth-order valence-corrected chi connectivity index (χ4v) is 1.76. The van der Waals surface area contributed by atoms with E-state index in [0.29, 0.717) is 17.1 Å². The van der Waals surface area contributed by atoms with Crippen LogP contribution < -0.4 is 10.6 Å². The Balaban J connectivity index is 2.56. The summed E-state index contributed by atoms with van der Waals surface area (Å²) in [6.45, 7) is 3.41. The SMILES string of the molecule is Cc1n[nH]c(C)c1NC(=O)N[C@H](CCCC(=O)O)C(=O)O. The van der Waals surface area contributed by atoms with E-state index >= 15 is 0 Å². The zero-order valence-corrected chi connectivity index (χ0v) is 11.8. The van der Waals surface area contributed by atoms with Gasteiger partial charge in [-0.1, -0.05) is 0 Å². The first-order valence-electron chi connectivity index (χ1n) is 6.35. The lowest BCUT2D eigenvalue weighted by Crippen LogP contribution is -2.43. The number of carbonyl (C=O) groups is 3. The lowest BCUT2D eigenvalue weighted by Gasteiger charge is -2.14. The van der Waals surface area contributed by atoms with Crippen LogP contribution in [-0.2, 0) is 9.59 Å². The smallest absolute Gasteiger partial charge is 0.326 e. The lowest BCUT2D eigenvalue weighted by atomic mass is 10.1. The van der Waals surface area contributed by atoms with Gasteiger partial charge in [-0.3, -0.25) is 9.89 Å². The second-order valence-electron chi connectivity index (χ2n) is 4.58. The van der Waals surface area contributed by atoms with Crippen molar-refractivity contribution >= 4 is 23.7 Å². The molecule has 5 N–H and O–H groups in total. The van der Waals surface area contributed by atoms with Crippen LogP contribution >= 0.6 is 0 Å². The molecule has 0 saturated carbocycles. The third-order valence-electron chi connectivity index (χ3n) is 2.85. The van der Waals surface area contributed by atoms with Gasteiger partial charge in [0.15, 0.2) is 0 Å². The number of amides is 2. The van der Waals surface area contributed by atoms with Crippen LogP contribution in [0.4, 0.5) is 10.5 Å². The highest BCUT2D eigenvalue weighted by Crippen LogP contribution is 2.15. The third-order valence-corrected chi connectivity index (χ3v) is 2.85. The van der Waals surface area contributed by atoms with E-state index in [1.165, 1.54) is 0 Å². The zero-order valence-electron chi connectivity index (χ0n) is 11.8. The van der Waals surface area contributed by atoms with Crippen LogP contribution in [0.1, 0.15) is 30.7 Å². The molecule has 0 fully saturated rings. The quantitative estimate of drug-likeness (QED) is 0.505. The summed E-state index contributed by atoms with van der Waals surface area (Å²) in [7, 11) is 0. The number of aromatic nitrogens is 2. The molecule has 21 heavy (non-hydrogen) atoms. The van der Waals surface area contributed by atoms with Crippen LogP contribution in [0.15, 0.2) is 0 Å². The molecule has 1 aromatic rings. The van der Waals surface area contributed by atoms with Gasteiger partial charge >= 0.3 is 18.0 Å². The molecule has 0 aliphatic heterocycles. The van der Waals surface area contributed by atoms with Crippen molar-refractivity contribution < 1.29 is 24.6 Å². The van der Waals surface area contributed by atoms with E-state index in [1.807, 2.05) is 0 Å². The number of hydrogen-bond acceptors (Lipinski definition) is 4. The molecule has 1 atom stereocenters. The number of H-pyrrole nitrogens is 1. The monoisotopic (exact) mass is 298 g/mol. The van der Waals surface area contributed by atoms with Crippen LogP contribution in [0.3, 0.4) is 0 Å². The summed E-state index contributed by atoms with van der Waals surface area (Å²) in [6, 6.07) is -1.82. The second-order valence-corrected chi connectivity index (χ2v) is 4.58. The average molecular weight is 298 g/mol. The molecule has 0 unspecified atom stereocenters. The molecule has 0 spiro atoms. The number of hydrogen-bond donors (Lipinski definition) is 5. The molecule has 9 heteroatoms. The lowest BCUT2D eigenvalue weighted by molar-refractivity contribution is -0.140. The number of carbonyl (C=O) groups excluding carboxylic acids is 1. The van der Waals surface area contributed by atoms with Crippen molar-refractivity contribution in [3.8, 4) is 0 Å². The molecular formula is C12H18N4O5. The van der Waals surface area contributed by atoms with Gasteiger partial charge in [0.25, 0.3) is 0 Å². The standard InChI is InChI=1S/C12H18N4O5/c1-6-10(7(2)16-15-6)14-12(21)13-8(11(19)20)4-3-5-9(17)18/h8H,3-5H2,1-2H3,(H,15,16)(H,17,18)(H,19,20)(H2,13,14,21)/t8-/m1/s1. The number of urea groups is 1. The van der Waals surface area contributed by atoms with E-state index in [4.69, 9.17) is 10.2 Å². The van der Waals surface area contributed by atoms with E-state index in [9.17, 15) is 14.4 Å². The van der Waals surface area contributed by atoms with Gasteiger partial charge < -0.3 is 20.8 Å². The fraction of sp³-hybridized carbons (Fsp3) is 0.500. The predicted molar refractivity (Wildman–Crippen MR) is 73.1 cm³/mol. The molecule has 0 aliphatic rings. The van der Waals surface area contributed by atoms with Crippen molar-refractivity contribution in [3.63, 3.8) is 0 Å². The van der Waals surface area contributed by atoms with Crippen LogP contribution in [0.5, 0.6) is 0 Å². The number of nitrogens with zero attached hydrogens (tertiary/aromatic N) is 1. The minimum Gasteiger partial charge on any atom is -0.481 e. The summed E-state index contributed by atoms with van der Waals surface area (Å²) in [6.07, 6.45) is 0.0573. The van der Waals surface area contributed by atoms with Gasteiger partial charge in [0.05, 0.1) is 17.1 Å². The number of rotatable bonds is 7. The summed E-state index contributed by atoms with van der Waals surface area (Å²) >= 11 is 0. The van der Waals surface area contributed by atoms with Crippen LogP contribution in [0.25, 0.3) is 0 Å². The third kappa shape index (κ3) is 5.13. The molecule has 116 valence electrons. The van der Waals surface area contributed by atoms with Crippen molar-refractivity contribution in [2.24, 2.45) is 0 Å². The Bertz CT molecular complexity index is 520. The van der Waals surface area contributed by atoms with Crippen LogP contribution in [-0.4, -0.2) is 44.4 Å². The molecule has 0 bridgehead atoms. The topological polar surface area (TPSA) is 144 Å². The maximum absolute atomic E-state index is 11.8. The van der Waals surface area contributed by atoms with Crippen LogP contribution in [0.2, 0.25) is 0 Å². The van der Waals surface area contributed by atoms with Crippen LogP contribution in [0, 0.1) is 13.8 Å². The number of anilines is 1. The van der Waals surface area contributed by atoms with Crippen molar-refractivity contribution in [3.05, 3.63) is 11.4 Å². The largest absolute Gasteiger partial charge is 0.481 e. The Morgan fingerprint density at radius 2 is 1.95 bits per heavy atom. The molecule has 0 radical (unpaired) electrons. The summed E-state index contributed by atoms with van der Waals surface area (Å²) in [5.41, 5.74) is 1.72. The van der Waals surface area contributed by atoms with Gasteiger partial charge in [0.1, 0.15) is 6.04 Å². The second kappa shape index (κ2) is 7.27. The Morgan fingerprint density at radius 3 is 2.43 bits per heavy atom. The minimum atomic E-state index is -1.21. The number of nitrogens with one attached hydrogen (secondary N) is 3. The molecule has 1 rings (SSSR count). The molecule has 0 aromatic carbocycles. The Hall–Kier alpha value is -2.58. The summed E-state index contributed by atoms with van der Waals surface area (Å²) < 4.78 is 0. The Labute approximate surface area is 120 Å². The normalized spacial score (nSPS) is 11.7. The first-order valence-corrected chi connectivity index (χ1v) is 6.35. The maximum Gasteiger partial charge on any atom is 0.326 e. The highest BCUT2D eigenvalue weighted by atomic mass is 16.4. The average Bonchev–Trinajstić information content (AvgIpc) is 2.68. The number of aromatic amines is 1. The fourth-order valence-electron chi connectivity index (χ4n) is 1.76. The molecular weight excluding hydrogens is 280 g/mol. The van der Waals surface area contributed by atoms with Gasteiger partial charge in [-0.05, 0) is 26.7 Å². The maximum atomic E-state index is 11.8. The van der Waals surface area contributed by atoms with Gasteiger partial charge in [-0.15, -0.1) is 0 Å². The molecule has 0 saturated heterocycles. The first-order chi connectivity index (χ1) is 9.81. The minimum absolute atomic E-state index is 0.0401. The Kier molecular flexibility index (Phi) is 5.70. The number of carboxylic acid groups (broad SMARTS) is 2. The molecule has 0 aliphatic carbocycles. The zero-order chi connectivity index (χ0) is 16.0. The van der Waals surface area contributed by atoms with E-state index in [0.717, 1.165) is 0 Å². The predicted octanol–water partition coefficient (Wildman–Crippen LogP) is 0.856. The number of aryl methyl sites for hydroxylation is 2. The highest BCUT2D eigenvalue weighted by molar-refractivity contribution is 5.93. The number of aliphatic carboxylic acids is 2. The highest BCUT2D eigenvalue weighted by Gasteiger charge is 2.21. The van der Waals surface area contributed by atoms with Crippen molar-refractivity contribution in [2.45, 2.75) is 39.2 Å². The van der Waals surface area contributed by atoms with Gasteiger partial charge in [0, 0.05) is 6.42 Å². The van der Waals surface area contributed by atoms with E-state index < -0.39 is 24.0 Å². The van der Waals surface area contributed by atoms with Crippen molar-refractivity contribution in [2.75, 3.05) is 5.32 Å². The van der Waals surface area contributed by atoms with Crippen molar-refractivity contribution in [1.29, 1.82) is 0 Å². The molecule has 2 amide bonds. The summed E-state index contributed by atoms with van der Waals surface area (Å²) in [5.74, 6) is -2.22. The number of carboxylic acids is 2. The van der Waals surface area contributed by atoms with Crippen molar-refractivity contribution in [1.82, 2.24) is 15.5 Å². The van der Waals surface area contributed by atoms with Gasteiger partial charge in [-0.2, -0.15) is 5.10 Å². The van der Waals surface area contributed by atoms with Gasteiger partial charge in [0.2, 0.25) is 0 Å². The van der Waals surface area contributed by atoms with E-state index in [2.05, 4.69) is 20.8 Å².